The first-order valence-corrected chi connectivity index (χ1v) is 29.9. The smallest absolute Gasteiger partial charge is 0.266 e. The first-order chi connectivity index (χ1) is 33.2. The third-order valence-electron chi connectivity index (χ3n) is 15.1. The highest BCUT2D eigenvalue weighted by molar-refractivity contribution is 7.24. The van der Waals surface area contributed by atoms with Crippen LogP contribution < -0.4 is 19.7 Å². The molecule has 4 atom stereocenters. The summed E-state index contributed by atoms with van der Waals surface area (Å²) in [5.41, 5.74) is 4.27. The van der Waals surface area contributed by atoms with Gasteiger partial charge in [-0.25, -0.2) is 0 Å². The molecule has 10 heteroatoms. The monoisotopic (exact) mass is 992 g/mol. The van der Waals surface area contributed by atoms with Crippen molar-refractivity contribution in [2.45, 2.75) is 171 Å². The summed E-state index contributed by atoms with van der Waals surface area (Å²) in [6.45, 7) is 19.6. The van der Waals surface area contributed by atoms with E-state index < -0.39 is 0 Å². The summed E-state index contributed by atoms with van der Waals surface area (Å²) in [4.78, 5) is 31.9. The normalized spacial score (nSPS) is 15.9. The summed E-state index contributed by atoms with van der Waals surface area (Å²) >= 11 is 6.93. The zero-order valence-corrected chi connectivity index (χ0v) is 45.5. The number of hydrogen-bond acceptors (Lipinski definition) is 8. The fraction of sp³-hybridized carbons (Fsp3) is 0.552. The number of thiophene rings is 4. The quantitative estimate of drug-likeness (QED) is 0.0532. The second kappa shape index (κ2) is 23.5. The fourth-order valence-corrected chi connectivity index (χ4v) is 14.9. The zero-order chi connectivity index (χ0) is 47.9. The molecule has 0 spiro atoms. The number of amides is 2. The van der Waals surface area contributed by atoms with Gasteiger partial charge in [0.1, 0.15) is 16.5 Å². The van der Waals surface area contributed by atoms with Crippen molar-refractivity contribution in [3.63, 3.8) is 0 Å². The van der Waals surface area contributed by atoms with E-state index >= 15 is 4.79 Å². The number of benzene rings is 2. The largest absolute Gasteiger partial charge is 0.491 e. The van der Waals surface area contributed by atoms with E-state index in [-0.39, 0.29) is 11.8 Å². The van der Waals surface area contributed by atoms with Gasteiger partial charge in [0.25, 0.3) is 11.8 Å². The van der Waals surface area contributed by atoms with Crippen LogP contribution in [0.25, 0.3) is 46.0 Å². The molecule has 6 nitrogen and oxygen atoms in total. The number of carbonyl (C=O) groups is 2. The van der Waals surface area contributed by atoms with E-state index in [4.69, 9.17) is 9.47 Å². The molecule has 2 aromatic carbocycles. The molecule has 0 aliphatic carbocycles. The first-order valence-electron chi connectivity index (χ1n) is 26.5. The first kappa shape index (κ1) is 50.7. The minimum Gasteiger partial charge on any atom is -0.491 e. The third kappa shape index (κ3) is 10.4. The Labute approximate surface area is 422 Å². The molecule has 2 amide bonds. The van der Waals surface area contributed by atoms with Crippen LogP contribution in [0.1, 0.15) is 174 Å². The number of nitrogens with one attached hydrogen (secondary N) is 1. The van der Waals surface area contributed by atoms with Gasteiger partial charge in [0.15, 0.2) is 0 Å². The van der Waals surface area contributed by atoms with Gasteiger partial charge in [0.2, 0.25) is 0 Å². The zero-order valence-electron chi connectivity index (χ0n) is 42.2. The Hall–Kier alpha value is -3.70. The lowest BCUT2D eigenvalue weighted by Crippen LogP contribution is -2.22. The average molecular weight is 994 g/mol. The Balaban J connectivity index is 1.22. The molecule has 0 fully saturated rings. The predicted molar refractivity (Wildman–Crippen MR) is 297 cm³/mol. The molecular formula is C58H76N2O4S4. The van der Waals surface area contributed by atoms with Crippen LogP contribution in [0, 0.1) is 23.7 Å². The Kier molecular flexibility index (Phi) is 17.5. The molecule has 0 radical (unpaired) electrons. The van der Waals surface area contributed by atoms with E-state index in [1.165, 1.54) is 106 Å². The second-order valence-corrected chi connectivity index (χ2v) is 23.7. The lowest BCUT2D eigenvalue weighted by molar-refractivity contribution is -0.116. The molecule has 2 aliphatic rings. The molecule has 68 heavy (non-hydrogen) atoms. The topological polar surface area (TPSA) is 67.9 Å². The van der Waals surface area contributed by atoms with Gasteiger partial charge in [-0.15, -0.1) is 45.3 Å². The number of unbranched alkanes of at least 4 members (excludes halogenated alkanes) is 4. The fourth-order valence-electron chi connectivity index (χ4n) is 10.6. The van der Waals surface area contributed by atoms with Crippen molar-refractivity contribution in [2.75, 3.05) is 18.1 Å². The highest BCUT2D eigenvalue weighted by Gasteiger charge is 2.42. The van der Waals surface area contributed by atoms with Gasteiger partial charge >= 0.3 is 0 Å². The summed E-state index contributed by atoms with van der Waals surface area (Å²) < 4.78 is 18.7. The molecule has 0 saturated carbocycles. The van der Waals surface area contributed by atoms with E-state index in [0.29, 0.717) is 53.7 Å². The van der Waals surface area contributed by atoms with Crippen LogP contribution in [0.15, 0.2) is 52.4 Å². The van der Waals surface area contributed by atoms with E-state index in [1.54, 1.807) is 45.1 Å². The number of hydrogen-bond donors (Lipinski definition) is 1. The number of anilines is 1. The van der Waals surface area contributed by atoms with Crippen molar-refractivity contribution in [3.05, 3.63) is 68.4 Å². The molecule has 1 N–H and O–H groups in total. The number of rotatable bonds is 28. The van der Waals surface area contributed by atoms with Gasteiger partial charge < -0.3 is 14.8 Å². The third-order valence-corrected chi connectivity index (χ3v) is 19.4. The standard InChI is InChI=1S/C58H76N2O4S4/c1-9-17-21-36(13-5)29-42-40-25-27-66-55(40)52(64-35-39(16-8)24-20-12-4)45-32-48(68-54(42)45)60-33-46-49(58(60)62)50(59-57(46)61)47-31-44-43(30-37(14-6)22-18-10-2)53-41(26-28-65-53)51(56(44)67-47)63-34-38(15-7)23-19-11-3/h25-28,31-33,36-39H,9-24,29-30,34-35H2,1-8H3,(H,59,61). The van der Waals surface area contributed by atoms with Crippen molar-refractivity contribution < 1.29 is 19.1 Å². The summed E-state index contributed by atoms with van der Waals surface area (Å²) in [6, 6.07) is 8.98. The van der Waals surface area contributed by atoms with Crippen molar-refractivity contribution in [1.82, 2.24) is 5.32 Å². The summed E-state index contributed by atoms with van der Waals surface area (Å²) in [6.07, 6.45) is 22.5. The molecule has 2 aliphatic heterocycles. The number of fused-ring (bicyclic) bond motifs is 5. The molecule has 4 unspecified atom stereocenters. The van der Waals surface area contributed by atoms with Crippen LogP contribution in [0.5, 0.6) is 11.5 Å². The number of carbonyl (C=O) groups excluding carboxylic acids is 2. The van der Waals surface area contributed by atoms with Gasteiger partial charge in [-0.3, -0.25) is 14.5 Å². The molecule has 6 heterocycles. The highest BCUT2D eigenvalue weighted by Crippen LogP contribution is 2.52. The maximum atomic E-state index is 15.1. The Bertz CT molecular complexity index is 2760. The number of nitrogens with zero attached hydrogens (tertiary/aromatic N) is 1. The maximum absolute atomic E-state index is 15.1. The molecule has 366 valence electrons. The van der Waals surface area contributed by atoms with Gasteiger partial charge in [-0.1, -0.05) is 145 Å². The minimum absolute atomic E-state index is 0.159. The molecule has 8 rings (SSSR count). The molecule has 6 aromatic rings. The van der Waals surface area contributed by atoms with Gasteiger partial charge in [-0.05, 0) is 95.5 Å². The van der Waals surface area contributed by atoms with Crippen LogP contribution in [0.2, 0.25) is 0 Å². The highest BCUT2D eigenvalue weighted by atomic mass is 32.1. The van der Waals surface area contributed by atoms with E-state index in [1.807, 2.05) is 11.3 Å². The van der Waals surface area contributed by atoms with Crippen LogP contribution in [0.4, 0.5) is 5.00 Å². The second-order valence-electron chi connectivity index (χ2n) is 19.7. The van der Waals surface area contributed by atoms with Gasteiger partial charge in [-0.2, -0.15) is 0 Å². The van der Waals surface area contributed by atoms with E-state index in [9.17, 15) is 4.79 Å². The Morgan fingerprint density at radius 3 is 1.68 bits per heavy atom. The number of ether oxygens (including phenoxy) is 2. The van der Waals surface area contributed by atoms with E-state index in [0.717, 1.165) is 82.8 Å². The molecule has 0 saturated heterocycles. The predicted octanol–water partition coefficient (Wildman–Crippen LogP) is 18.0. The van der Waals surface area contributed by atoms with Gasteiger partial charge in [0.05, 0.1) is 44.3 Å². The average Bonchev–Trinajstić information content (AvgIpc) is 4.23. The Morgan fingerprint density at radius 2 is 1.10 bits per heavy atom. The van der Waals surface area contributed by atoms with Crippen LogP contribution in [-0.2, 0) is 22.4 Å². The van der Waals surface area contributed by atoms with Crippen LogP contribution in [-0.4, -0.2) is 25.0 Å². The Morgan fingerprint density at radius 1 is 0.574 bits per heavy atom. The summed E-state index contributed by atoms with van der Waals surface area (Å²) in [7, 11) is 0. The summed E-state index contributed by atoms with van der Waals surface area (Å²) in [5, 5.41) is 13.2. The van der Waals surface area contributed by atoms with Crippen molar-refractivity contribution in [3.8, 4) is 11.5 Å². The van der Waals surface area contributed by atoms with Crippen molar-refractivity contribution in [1.29, 1.82) is 0 Å². The lowest BCUT2D eigenvalue weighted by atomic mass is 9.90. The molecule has 0 bridgehead atoms. The SMILES string of the molecule is CCCCC(CC)COc1c2cc(N3C=C4C(=O)NC(c5cc6c(CC(CC)CCCC)c7sccc7c(OCC(CC)CCCC)c6s5)=C4C3=O)sc2c(CC(CC)CCCC)c2ccsc12. The molecular weight excluding hydrogens is 917 g/mol. The maximum Gasteiger partial charge on any atom is 0.266 e. The lowest BCUT2D eigenvalue weighted by Gasteiger charge is -2.19. The van der Waals surface area contributed by atoms with Crippen molar-refractivity contribution in [2.24, 2.45) is 23.7 Å². The summed E-state index contributed by atoms with van der Waals surface area (Å²) in [5.74, 6) is 3.64. The van der Waals surface area contributed by atoms with Crippen LogP contribution >= 0.6 is 45.3 Å². The van der Waals surface area contributed by atoms with E-state index in [2.05, 4.69) is 95.7 Å². The minimum atomic E-state index is -0.223. The van der Waals surface area contributed by atoms with Crippen molar-refractivity contribution >= 4 is 108 Å². The molecule has 4 aromatic heterocycles. The van der Waals surface area contributed by atoms with Crippen LogP contribution in [0.3, 0.4) is 0 Å². The van der Waals surface area contributed by atoms with Gasteiger partial charge in [0, 0.05) is 37.1 Å².